The summed E-state index contributed by atoms with van der Waals surface area (Å²) in [5.41, 5.74) is 3.11. The zero-order valence-corrected chi connectivity index (χ0v) is 15.1. The molecule has 0 aromatic rings. The predicted octanol–water partition coefficient (Wildman–Crippen LogP) is 4.24. The van der Waals surface area contributed by atoms with E-state index in [4.69, 9.17) is 11.8 Å². The van der Waals surface area contributed by atoms with E-state index in [0.717, 1.165) is 38.9 Å². The molecule has 0 aromatic carbocycles. The minimum Gasteiger partial charge on any atom is 0 e. The Bertz CT molecular complexity index is 228. The van der Waals surface area contributed by atoms with Crippen molar-refractivity contribution in [2.45, 2.75) is 70.8 Å². The van der Waals surface area contributed by atoms with Crippen molar-refractivity contribution < 1.29 is 24.6 Å². The first-order valence-corrected chi connectivity index (χ1v) is 7.95. The van der Waals surface area contributed by atoms with Gasteiger partial charge in [0, 0.05) is 19.5 Å². The molecule has 16 heavy (non-hydrogen) atoms. The Morgan fingerprint density at radius 2 is 1.75 bits per heavy atom. The van der Waals surface area contributed by atoms with Gasteiger partial charge in [-0.3, -0.25) is 0 Å². The maximum Gasteiger partial charge on any atom is 0 e. The molecular weight excluding hydrogens is 289 g/mol. The second-order valence-corrected chi connectivity index (χ2v) is 5.04. The monoisotopic (exact) mass is 310 g/mol. The molecule has 0 radical (unpaired) electrons. The summed E-state index contributed by atoms with van der Waals surface area (Å²) in [6, 6.07) is 0. The molecule has 0 saturated heterocycles. The fraction of sp³-hybridized carbons (Fsp3) is 0.917. The smallest absolute Gasteiger partial charge is 0 e. The summed E-state index contributed by atoms with van der Waals surface area (Å²) < 4.78 is 0. The van der Waals surface area contributed by atoms with Crippen LogP contribution in [0.25, 0.3) is 0 Å². The Hall–Kier alpha value is 1.01. The summed E-state index contributed by atoms with van der Waals surface area (Å²) in [6.45, 7) is 3.03. The van der Waals surface area contributed by atoms with Crippen LogP contribution in [0.5, 0.6) is 0 Å². The molecule has 0 saturated carbocycles. The molecule has 1 nitrogen and oxygen atoms in total. The van der Waals surface area contributed by atoms with Gasteiger partial charge in [-0.15, -0.1) is 0 Å². The van der Waals surface area contributed by atoms with Crippen molar-refractivity contribution in [2.75, 3.05) is 0 Å². The topological polar surface area (TPSA) is 20.2 Å². The van der Waals surface area contributed by atoms with E-state index >= 15 is 0 Å². The molecule has 0 heterocycles. The van der Waals surface area contributed by atoms with Gasteiger partial charge < -0.3 is 0 Å². The van der Waals surface area contributed by atoms with Gasteiger partial charge >= 0.3 is 100 Å². The molecule has 0 spiro atoms. The Labute approximate surface area is 119 Å². The predicted molar refractivity (Wildman–Crippen MR) is 71.4 cm³/mol. The SMILES string of the molecule is CCCCC(O)CCCCCCC#P=S.[Zn]. The van der Waals surface area contributed by atoms with E-state index in [1.165, 1.54) is 25.7 Å². The number of unbranched alkanes of at least 4 members (excludes halogenated alkanes) is 5. The molecule has 1 N–H and O–H groups in total. The molecule has 4 heteroatoms. The average molecular weight is 312 g/mol. The van der Waals surface area contributed by atoms with E-state index < -0.39 is 0 Å². The van der Waals surface area contributed by atoms with Crippen molar-refractivity contribution in [1.29, 1.82) is 0 Å². The van der Waals surface area contributed by atoms with E-state index in [2.05, 4.69) is 12.6 Å². The van der Waals surface area contributed by atoms with E-state index in [0.29, 0.717) is 0 Å². The van der Waals surface area contributed by atoms with Crippen molar-refractivity contribution in [3.8, 4) is 5.63 Å². The Kier molecular flexibility index (Phi) is 19.4. The van der Waals surface area contributed by atoms with Crippen LogP contribution in [0.2, 0.25) is 0 Å². The van der Waals surface area contributed by atoms with E-state index in [1.54, 1.807) is 0 Å². The standard InChI is InChI=1S/C12H23OPS.Zn/c1-2-3-9-12(13)10-7-5-4-6-8-11-14-15;/h12-13H,2-10H2,1H3;. The molecule has 0 aliphatic carbocycles. The molecule has 0 aromatic heterocycles. The summed E-state index contributed by atoms with van der Waals surface area (Å²) in [4.78, 5) is 0. The van der Waals surface area contributed by atoms with Crippen LogP contribution in [0.1, 0.15) is 64.7 Å². The molecule has 0 aliphatic heterocycles. The molecule has 1 atom stereocenters. The van der Waals surface area contributed by atoms with Gasteiger partial charge in [-0.25, -0.2) is 0 Å². The van der Waals surface area contributed by atoms with Crippen LogP contribution in [-0.4, -0.2) is 11.2 Å². The molecule has 0 rings (SSSR count). The maximum absolute atomic E-state index is 9.59. The molecule has 0 amide bonds. The van der Waals surface area contributed by atoms with Crippen molar-refractivity contribution in [3.05, 3.63) is 0 Å². The molecular formula is C12H23OPSZn. The molecule has 0 aliphatic rings. The van der Waals surface area contributed by atoms with Crippen molar-refractivity contribution in [1.82, 2.24) is 0 Å². The normalized spacial score (nSPS) is 11.4. The first kappa shape index (κ1) is 19.4. The maximum atomic E-state index is 9.59. The van der Waals surface area contributed by atoms with Crippen LogP contribution in [0.4, 0.5) is 0 Å². The summed E-state index contributed by atoms with van der Waals surface area (Å²) in [7, 11) is 0. The largest absolute Gasteiger partial charge is 0 e. The van der Waals surface area contributed by atoms with Gasteiger partial charge in [-0.2, -0.15) is 0 Å². The van der Waals surface area contributed by atoms with Gasteiger partial charge in [0.15, 0.2) is 0 Å². The number of hydrogen-bond acceptors (Lipinski definition) is 2. The Morgan fingerprint density at radius 3 is 2.38 bits per heavy atom. The van der Waals surface area contributed by atoms with Crippen LogP contribution < -0.4 is 0 Å². The van der Waals surface area contributed by atoms with Gasteiger partial charge in [-0.05, 0) is 0 Å². The summed E-state index contributed by atoms with van der Waals surface area (Å²) in [6.07, 6.45) is 10.1. The van der Waals surface area contributed by atoms with E-state index in [9.17, 15) is 5.11 Å². The third-order valence-electron chi connectivity index (χ3n) is 2.53. The molecule has 90 valence electrons. The summed E-state index contributed by atoms with van der Waals surface area (Å²) in [5, 5.41) is 9.59. The molecule has 0 bridgehead atoms. The first-order valence-electron chi connectivity index (χ1n) is 6.04. The first-order chi connectivity index (χ1) is 7.31. The second-order valence-electron chi connectivity index (χ2n) is 4.00. The van der Waals surface area contributed by atoms with Crippen LogP contribution >= 0.6 is 6.81 Å². The summed E-state index contributed by atoms with van der Waals surface area (Å²) in [5.74, 6) is 0. The van der Waals surface area contributed by atoms with Gasteiger partial charge in [0.05, 0.1) is 0 Å². The van der Waals surface area contributed by atoms with Crippen molar-refractivity contribution in [2.24, 2.45) is 0 Å². The number of hydrogen-bond donors (Lipinski definition) is 1. The zero-order valence-electron chi connectivity index (χ0n) is 10.5. The van der Waals surface area contributed by atoms with Crippen LogP contribution in [0.15, 0.2) is 0 Å². The fourth-order valence-electron chi connectivity index (χ4n) is 1.57. The second kappa shape index (κ2) is 16.0. The quantitative estimate of drug-likeness (QED) is 0.390. The van der Waals surface area contributed by atoms with Gasteiger partial charge in [0.2, 0.25) is 0 Å². The number of aliphatic hydroxyl groups is 1. The minimum atomic E-state index is -0.0609. The van der Waals surface area contributed by atoms with Gasteiger partial charge in [0.25, 0.3) is 0 Å². The number of rotatable bonds is 9. The molecule has 1 unspecified atom stereocenters. The van der Waals surface area contributed by atoms with Crippen LogP contribution in [0, 0.1) is 5.63 Å². The van der Waals surface area contributed by atoms with Gasteiger partial charge in [0.1, 0.15) is 0 Å². The van der Waals surface area contributed by atoms with Crippen LogP contribution in [-0.2, 0) is 31.3 Å². The Balaban J connectivity index is 0. The third-order valence-corrected chi connectivity index (χ3v) is 3.27. The average Bonchev–Trinajstić information content (AvgIpc) is 2.25. The third kappa shape index (κ3) is 15.0. The zero-order chi connectivity index (χ0) is 11.4. The molecule has 0 fully saturated rings. The van der Waals surface area contributed by atoms with Crippen molar-refractivity contribution >= 4 is 18.6 Å². The van der Waals surface area contributed by atoms with Gasteiger partial charge in [-0.1, -0.05) is 0 Å². The van der Waals surface area contributed by atoms with E-state index in [-0.39, 0.29) is 25.6 Å². The van der Waals surface area contributed by atoms with Crippen molar-refractivity contribution in [3.63, 3.8) is 0 Å². The fourth-order valence-corrected chi connectivity index (χ4v) is 2.09. The minimum absolute atomic E-state index is 0. The van der Waals surface area contributed by atoms with E-state index in [1.807, 2.05) is 0 Å². The number of aliphatic hydroxyl groups excluding tert-OH is 1. The van der Waals surface area contributed by atoms with Crippen LogP contribution in [0.3, 0.4) is 0 Å². The Morgan fingerprint density at radius 1 is 1.12 bits per heavy atom. The summed E-state index contributed by atoms with van der Waals surface area (Å²) >= 11 is 4.76.